The molecule has 0 bridgehead atoms. The third-order valence-electron chi connectivity index (χ3n) is 2.62. The second kappa shape index (κ2) is 3.56. The van der Waals surface area contributed by atoms with Crippen LogP contribution in [0.4, 0.5) is 0 Å². The summed E-state index contributed by atoms with van der Waals surface area (Å²) in [5.74, 6) is 0. The highest BCUT2D eigenvalue weighted by atomic mass is 16.5. The van der Waals surface area contributed by atoms with Gasteiger partial charge in [0.25, 0.3) is 0 Å². The minimum atomic E-state index is -0.745. The standard InChI is InChI=1S/C10H20O3/c1-5-6-7(11)8(12)9(13-6)10(2,3)4/h6-9,11-12H,5H2,1-4H3/t6-,7+,8?,9+/m0/s1. The van der Waals surface area contributed by atoms with Gasteiger partial charge in [0.2, 0.25) is 0 Å². The lowest BCUT2D eigenvalue weighted by Gasteiger charge is -2.28. The van der Waals surface area contributed by atoms with Crippen LogP contribution in [0.1, 0.15) is 34.1 Å². The van der Waals surface area contributed by atoms with Crippen molar-refractivity contribution in [3.05, 3.63) is 0 Å². The minimum Gasteiger partial charge on any atom is -0.388 e. The lowest BCUT2D eigenvalue weighted by molar-refractivity contribution is -0.0521. The average Bonchev–Trinajstić information content (AvgIpc) is 2.28. The van der Waals surface area contributed by atoms with Crippen LogP contribution >= 0.6 is 0 Å². The van der Waals surface area contributed by atoms with Crippen LogP contribution in [0.3, 0.4) is 0 Å². The van der Waals surface area contributed by atoms with Gasteiger partial charge in [0.15, 0.2) is 0 Å². The van der Waals surface area contributed by atoms with E-state index in [1.807, 2.05) is 27.7 Å². The number of ether oxygens (including phenoxy) is 1. The molecule has 4 atom stereocenters. The summed E-state index contributed by atoms with van der Waals surface area (Å²) in [7, 11) is 0. The van der Waals surface area contributed by atoms with Crippen molar-refractivity contribution < 1.29 is 14.9 Å². The van der Waals surface area contributed by atoms with Crippen molar-refractivity contribution in [2.45, 2.75) is 58.5 Å². The Hall–Kier alpha value is -0.120. The van der Waals surface area contributed by atoms with Crippen LogP contribution in [0, 0.1) is 5.41 Å². The van der Waals surface area contributed by atoms with Gasteiger partial charge in [0.1, 0.15) is 12.2 Å². The SMILES string of the molecule is CC[C@@H]1O[C@@H](C(C)(C)C)C(O)[C@@H]1O. The Morgan fingerprint density at radius 2 is 1.69 bits per heavy atom. The summed E-state index contributed by atoms with van der Waals surface area (Å²) < 4.78 is 5.60. The van der Waals surface area contributed by atoms with E-state index < -0.39 is 12.2 Å². The molecule has 1 saturated heterocycles. The highest BCUT2D eigenvalue weighted by Crippen LogP contribution is 2.34. The largest absolute Gasteiger partial charge is 0.388 e. The molecule has 2 N–H and O–H groups in total. The van der Waals surface area contributed by atoms with E-state index in [0.29, 0.717) is 0 Å². The molecule has 78 valence electrons. The maximum absolute atomic E-state index is 9.72. The van der Waals surface area contributed by atoms with Crippen molar-refractivity contribution in [1.82, 2.24) is 0 Å². The smallest absolute Gasteiger partial charge is 0.109 e. The van der Waals surface area contributed by atoms with Crippen LogP contribution in [-0.2, 0) is 4.74 Å². The molecule has 1 rings (SSSR count). The molecule has 1 fully saturated rings. The first-order valence-electron chi connectivity index (χ1n) is 4.89. The van der Waals surface area contributed by atoms with Gasteiger partial charge in [-0.3, -0.25) is 0 Å². The van der Waals surface area contributed by atoms with Gasteiger partial charge in [0.05, 0.1) is 12.2 Å². The van der Waals surface area contributed by atoms with E-state index in [2.05, 4.69) is 0 Å². The van der Waals surface area contributed by atoms with E-state index in [9.17, 15) is 10.2 Å². The van der Waals surface area contributed by atoms with E-state index in [0.717, 1.165) is 6.42 Å². The van der Waals surface area contributed by atoms with Crippen LogP contribution in [0.25, 0.3) is 0 Å². The Morgan fingerprint density at radius 3 is 1.92 bits per heavy atom. The van der Waals surface area contributed by atoms with Crippen LogP contribution in [-0.4, -0.2) is 34.6 Å². The molecule has 0 saturated carbocycles. The van der Waals surface area contributed by atoms with Crippen molar-refractivity contribution in [2.24, 2.45) is 5.41 Å². The predicted octanol–water partition coefficient (Wildman–Crippen LogP) is 0.932. The Balaban J connectivity index is 2.71. The van der Waals surface area contributed by atoms with Gasteiger partial charge in [-0.05, 0) is 11.8 Å². The molecule has 3 nitrogen and oxygen atoms in total. The Bertz CT molecular complexity index is 173. The molecule has 0 spiro atoms. The lowest BCUT2D eigenvalue weighted by atomic mass is 9.85. The number of hydrogen-bond acceptors (Lipinski definition) is 3. The van der Waals surface area contributed by atoms with Gasteiger partial charge < -0.3 is 14.9 Å². The molecular weight excluding hydrogens is 168 g/mol. The van der Waals surface area contributed by atoms with E-state index >= 15 is 0 Å². The maximum atomic E-state index is 9.72. The Labute approximate surface area is 79.7 Å². The molecule has 13 heavy (non-hydrogen) atoms. The van der Waals surface area contributed by atoms with Crippen LogP contribution in [0.2, 0.25) is 0 Å². The summed E-state index contributed by atoms with van der Waals surface area (Å²) in [6, 6.07) is 0. The third-order valence-corrected chi connectivity index (χ3v) is 2.62. The van der Waals surface area contributed by atoms with Gasteiger partial charge in [-0.15, -0.1) is 0 Å². The predicted molar refractivity (Wildman–Crippen MR) is 50.4 cm³/mol. The zero-order chi connectivity index (χ0) is 10.2. The van der Waals surface area contributed by atoms with Crippen molar-refractivity contribution in [3.8, 4) is 0 Å². The molecule has 3 heteroatoms. The first-order chi connectivity index (χ1) is 5.88. The number of rotatable bonds is 1. The van der Waals surface area contributed by atoms with Crippen molar-refractivity contribution in [3.63, 3.8) is 0 Å². The topological polar surface area (TPSA) is 49.7 Å². The van der Waals surface area contributed by atoms with Gasteiger partial charge in [-0.25, -0.2) is 0 Å². The Kier molecular flexibility index (Phi) is 3.00. The first kappa shape index (κ1) is 11.0. The number of aliphatic hydroxyl groups excluding tert-OH is 2. The monoisotopic (exact) mass is 188 g/mol. The van der Waals surface area contributed by atoms with Crippen molar-refractivity contribution >= 4 is 0 Å². The van der Waals surface area contributed by atoms with E-state index in [1.54, 1.807) is 0 Å². The van der Waals surface area contributed by atoms with E-state index in [1.165, 1.54) is 0 Å². The third kappa shape index (κ3) is 2.03. The molecule has 1 heterocycles. The zero-order valence-corrected chi connectivity index (χ0v) is 8.82. The molecule has 1 aliphatic rings. The van der Waals surface area contributed by atoms with Crippen LogP contribution in [0.15, 0.2) is 0 Å². The number of aliphatic hydroxyl groups is 2. The number of hydrogen-bond donors (Lipinski definition) is 2. The second-order valence-electron chi connectivity index (χ2n) is 4.85. The first-order valence-corrected chi connectivity index (χ1v) is 4.89. The summed E-state index contributed by atoms with van der Waals surface area (Å²) >= 11 is 0. The van der Waals surface area contributed by atoms with Gasteiger partial charge in [-0.2, -0.15) is 0 Å². The Morgan fingerprint density at radius 1 is 1.15 bits per heavy atom. The maximum Gasteiger partial charge on any atom is 0.109 e. The lowest BCUT2D eigenvalue weighted by Crippen LogP contribution is -2.39. The minimum absolute atomic E-state index is 0.121. The van der Waals surface area contributed by atoms with Crippen LogP contribution < -0.4 is 0 Å². The van der Waals surface area contributed by atoms with Crippen LogP contribution in [0.5, 0.6) is 0 Å². The molecular formula is C10H20O3. The molecule has 0 amide bonds. The molecule has 1 unspecified atom stereocenters. The fourth-order valence-electron chi connectivity index (χ4n) is 1.80. The summed E-state index contributed by atoms with van der Waals surface area (Å²) in [6.45, 7) is 7.97. The second-order valence-corrected chi connectivity index (χ2v) is 4.85. The zero-order valence-electron chi connectivity index (χ0n) is 8.82. The highest BCUT2D eigenvalue weighted by molar-refractivity contribution is 4.95. The quantitative estimate of drug-likeness (QED) is 0.643. The molecule has 0 aromatic heterocycles. The molecule has 0 radical (unpaired) electrons. The molecule has 0 aromatic carbocycles. The van der Waals surface area contributed by atoms with Crippen molar-refractivity contribution in [2.75, 3.05) is 0 Å². The van der Waals surface area contributed by atoms with E-state index in [-0.39, 0.29) is 17.6 Å². The van der Waals surface area contributed by atoms with Gasteiger partial charge >= 0.3 is 0 Å². The normalized spacial score (nSPS) is 41.1. The van der Waals surface area contributed by atoms with E-state index in [4.69, 9.17) is 4.74 Å². The molecule has 0 aliphatic carbocycles. The highest BCUT2D eigenvalue weighted by Gasteiger charge is 2.46. The van der Waals surface area contributed by atoms with Crippen molar-refractivity contribution in [1.29, 1.82) is 0 Å². The summed E-state index contributed by atoms with van der Waals surface area (Å²) in [5, 5.41) is 19.3. The fourth-order valence-corrected chi connectivity index (χ4v) is 1.80. The molecule has 1 aliphatic heterocycles. The van der Waals surface area contributed by atoms with Gasteiger partial charge in [-0.1, -0.05) is 27.7 Å². The summed E-state index contributed by atoms with van der Waals surface area (Å²) in [6.07, 6.45) is -1.20. The van der Waals surface area contributed by atoms with Gasteiger partial charge in [0, 0.05) is 0 Å². The average molecular weight is 188 g/mol. The molecule has 0 aromatic rings. The summed E-state index contributed by atoms with van der Waals surface area (Å²) in [4.78, 5) is 0. The summed E-state index contributed by atoms with van der Waals surface area (Å²) in [5.41, 5.74) is -0.121. The fraction of sp³-hybridized carbons (Fsp3) is 1.00.